The minimum atomic E-state index is -1.51. The molecule has 1 aromatic carbocycles. The average molecular weight is 401 g/mol. The van der Waals surface area contributed by atoms with E-state index in [-0.39, 0.29) is 5.17 Å². The van der Waals surface area contributed by atoms with Gasteiger partial charge in [-0.25, -0.2) is 0 Å². The second-order valence-corrected chi connectivity index (χ2v) is 7.33. The highest BCUT2D eigenvalue weighted by Crippen LogP contribution is 2.20. The molecule has 1 aliphatic rings. The first-order chi connectivity index (χ1) is 13.4. The van der Waals surface area contributed by atoms with Crippen LogP contribution in [0.1, 0.15) is 0 Å². The highest BCUT2D eigenvalue weighted by Gasteiger charge is 2.38. The van der Waals surface area contributed by atoms with Gasteiger partial charge in [-0.05, 0) is 26.2 Å². The van der Waals surface area contributed by atoms with E-state index in [0.29, 0.717) is 17.1 Å². The van der Waals surface area contributed by atoms with Crippen LogP contribution in [0.3, 0.4) is 0 Å². The van der Waals surface area contributed by atoms with Crippen LogP contribution in [-0.2, 0) is 14.4 Å². The Morgan fingerprint density at radius 1 is 1.25 bits per heavy atom. The molecule has 3 N–H and O–H groups in total. The summed E-state index contributed by atoms with van der Waals surface area (Å²) in [7, 11) is 3.84. The third-order valence-electron chi connectivity index (χ3n) is 3.85. The zero-order valence-corrected chi connectivity index (χ0v) is 16.1. The predicted octanol–water partition coefficient (Wildman–Crippen LogP) is 0.334. The van der Waals surface area contributed by atoms with Crippen LogP contribution in [0.15, 0.2) is 35.5 Å². The molecule has 0 saturated heterocycles. The Morgan fingerprint density at radius 2 is 2.00 bits per heavy atom. The molecule has 3 amide bonds. The molecule has 11 heteroatoms. The Kier molecular flexibility index (Phi) is 6.16. The van der Waals surface area contributed by atoms with Gasteiger partial charge in [-0.1, -0.05) is 23.9 Å². The van der Waals surface area contributed by atoms with E-state index in [9.17, 15) is 14.4 Å². The highest BCUT2D eigenvalue weighted by molar-refractivity contribution is 8.13. The molecule has 1 aliphatic heterocycles. The Bertz CT molecular complexity index is 894. The van der Waals surface area contributed by atoms with E-state index in [2.05, 4.69) is 31.0 Å². The molecule has 0 bridgehead atoms. The summed E-state index contributed by atoms with van der Waals surface area (Å²) in [6, 6.07) is 6.79. The summed E-state index contributed by atoms with van der Waals surface area (Å²) in [5.74, 6) is -3.02. The van der Waals surface area contributed by atoms with Crippen molar-refractivity contribution in [2.45, 2.75) is 0 Å². The molecule has 3 rings (SSSR count). The van der Waals surface area contributed by atoms with E-state index >= 15 is 0 Å². The van der Waals surface area contributed by atoms with Gasteiger partial charge < -0.3 is 15.5 Å². The number of hydrogen-bond acceptors (Lipinski definition) is 7. The number of carbonyl (C=O) groups is 3. The number of H-pyrrole nitrogens is 1. The number of amidine groups is 1. The molecular formula is C17H19N7O3S. The van der Waals surface area contributed by atoms with E-state index < -0.39 is 23.6 Å². The summed E-state index contributed by atoms with van der Waals surface area (Å²) in [5, 5.41) is 15.5. The third-order valence-corrected chi connectivity index (χ3v) is 4.71. The number of aliphatic imine (C=N–C) groups is 1. The zero-order chi connectivity index (χ0) is 20.1. The maximum Gasteiger partial charge on any atom is 0.270 e. The zero-order valence-electron chi connectivity index (χ0n) is 15.3. The van der Waals surface area contributed by atoms with Crippen molar-refractivity contribution in [2.75, 3.05) is 31.7 Å². The SMILES string of the molecule is CN(C)CCSC1=NC(=O)C(C(=O)Nc2ccc(-c3cn[nH]n3)cc2)C(=O)N1. The van der Waals surface area contributed by atoms with Gasteiger partial charge in [0.15, 0.2) is 11.1 Å². The van der Waals surface area contributed by atoms with Crippen LogP contribution in [0.2, 0.25) is 0 Å². The van der Waals surface area contributed by atoms with E-state index in [0.717, 1.165) is 12.1 Å². The van der Waals surface area contributed by atoms with Crippen molar-refractivity contribution in [3.05, 3.63) is 30.5 Å². The molecule has 1 atom stereocenters. The fraction of sp³-hybridized carbons (Fsp3) is 0.294. The number of aromatic nitrogens is 3. The van der Waals surface area contributed by atoms with Gasteiger partial charge in [0.25, 0.3) is 5.91 Å². The van der Waals surface area contributed by atoms with Crippen molar-refractivity contribution >= 4 is 40.3 Å². The van der Waals surface area contributed by atoms with E-state index in [4.69, 9.17) is 0 Å². The molecule has 2 heterocycles. The lowest BCUT2D eigenvalue weighted by Gasteiger charge is -2.19. The summed E-state index contributed by atoms with van der Waals surface area (Å²) in [5.41, 5.74) is 1.92. The molecule has 0 spiro atoms. The van der Waals surface area contributed by atoms with Gasteiger partial charge in [0, 0.05) is 23.5 Å². The quantitative estimate of drug-likeness (QED) is 0.594. The first-order valence-corrected chi connectivity index (χ1v) is 9.40. The Labute approximate surface area is 165 Å². The van der Waals surface area contributed by atoms with Crippen molar-refractivity contribution in [3.63, 3.8) is 0 Å². The van der Waals surface area contributed by atoms with Crippen LogP contribution in [0.4, 0.5) is 5.69 Å². The fourth-order valence-electron chi connectivity index (χ4n) is 2.39. The van der Waals surface area contributed by atoms with Gasteiger partial charge in [0.05, 0.1) is 6.20 Å². The van der Waals surface area contributed by atoms with Crippen LogP contribution in [0.5, 0.6) is 0 Å². The number of rotatable bonds is 6. The summed E-state index contributed by atoms with van der Waals surface area (Å²) in [6.45, 7) is 0.766. The molecular weight excluding hydrogens is 382 g/mol. The number of anilines is 1. The molecule has 2 aromatic rings. The van der Waals surface area contributed by atoms with E-state index in [1.54, 1.807) is 30.5 Å². The van der Waals surface area contributed by atoms with E-state index in [1.807, 2.05) is 19.0 Å². The van der Waals surface area contributed by atoms with Gasteiger partial charge in [0.1, 0.15) is 5.69 Å². The van der Waals surface area contributed by atoms with Gasteiger partial charge in [-0.15, -0.1) is 0 Å². The van der Waals surface area contributed by atoms with Crippen molar-refractivity contribution in [2.24, 2.45) is 10.9 Å². The van der Waals surface area contributed by atoms with Crippen LogP contribution >= 0.6 is 11.8 Å². The minimum absolute atomic E-state index is 0.220. The average Bonchev–Trinajstić information content (AvgIpc) is 3.16. The number of hydrogen-bond donors (Lipinski definition) is 3. The molecule has 0 saturated carbocycles. The Hall–Kier alpha value is -3.05. The molecule has 1 aromatic heterocycles. The fourth-order valence-corrected chi connectivity index (χ4v) is 3.36. The normalized spacial score (nSPS) is 16.7. The topological polar surface area (TPSA) is 132 Å². The van der Waals surface area contributed by atoms with Crippen molar-refractivity contribution in [1.29, 1.82) is 0 Å². The van der Waals surface area contributed by atoms with Crippen molar-refractivity contribution < 1.29 is 14.4 Å². The van der Waals surface area contributed by atoms with Crippen LogP contribution in [0, 0.1) is 5.92 Å². The first-order valence-electron chi connectivity index (χ1n) is 8.42. The first kappa shape index (κ1) is 19.7. The monoisotopic (exact) mass is 401 g/mol. The predicted molar refractivity (Wildman–Crippen MR) is 106 cm³/mol. The van der Waals surface area contributed by atoms with Gasteiger partial charge in [-0.2, -0.15) is 20.4 Å². The second-order valence-electron chi connectivity index (χ2n) is 6.25. The number of carbonyl (C=O) groups excluding carboxylic acids is 3. The standard InChI is InChI=1S/C17H19N7O3S/c1-24(2)7-8-28-17-20-15(26)13(16(27)21-17)14(25)19-11-5-3-10(4-6-11)12-9-18-23-22-12/h3-6,9,13H,7-8H2,1-2H3,(H,19,25)(H,18,22,23)(H,20,21,26,27). The highest BCUT2D eigenvalue weighted by atomic mass is 32.2. The van der Waals surface area contributed by atoms with Gasteiger partial charge >= 0.3 is 0 Å². The molecule has 28 heavy (non-hydrogen) atoms. The van der Waals surface area contributed by atoms with Crippen molar-refractivity contribution in [3.8, 4) is 11.3 Å². The molecule has 0 fully saturated rings. The van der Waals surface area contributed by atoms with Crippen LogP contribution in [-0.4, -0.2) is 69.6 Å². The summed E-state index contributed by atoms with van der Waals surface area (Å²) < 4.78 is 0. The number of amides is 3. The van der Waals surface area contributed by atoms with Crippen molar-refractivity contribution in [1.82, 2.24) is 25.6 Å². The number of aromatic amines is 1. The summed E-state index contributed by atoms with van der Waals surface area (Å²) in [6.07, 6.45) is 1.57. The lowest BCUT2D eigenvalue weighted by atomic mass is 10.1. The maximum absolute atomic E-state index is 12.4. The lowest BCUT2D eigenvalue weighted by molar-refractivity contribution is -0.139. The van der Waals surface area contributed by atoms with Crippen LogP contribution < -0.4 is 10.6 Å². The Balaban J connectivity index is 1.62. The second kappa shape index (κ2) is 8.76. The molecule has 0 radical (unpaired) electrons. The largest absolute Gasteiger partial charge is 0.325 e. The summed E-state index contributed by atoms with van der Waals surface area (Å²) >= 11 is 1.26. The maximum atomic E-state index is 12.4. The molecule has 0 aliphatic carbocycles. The summed E-state index contributed by atoms with van der Waals surface area (Å²) in [4.78, 5) is 42.7. The molecule has 146 valence electrons. The minimum Gasteiger partial charge on any atom is -0.325 e. The Morgan fingerprint density at radius 3 is 2.61 bits per heavy atom. The van der Waals surface area contributed by atoms with E-state index in [1.165, 1.54) is 11.8 Å². The number of nitrogens with one attached hydrogen (secondary N) is 3. The molecule has 10 nitrogen and oxygen atoms in total. The van der Waals surface area contributed by atoms with Gasteiger partial charge in [-0.3, -0.25) is 14.4 Å². The molecule has 1 unspecified atom stereocenters. The smallest absolute Gasteiger partial charge is 0.270 e. The number of thioether (sulfide) groups is 1. The van der Waals surface area contributed by atoms with Gasteiger partial charge in [0.2, 0.25) is 11.8 Å². The number of nitrogens with zero attached hydrogens (tertiary/aromatic N) is 4. The van der Waals surface area contributed by atoms with Crippen LogP contribution in [0.25, 0.3) is 11.3 Å². The lowest BCUT2D eigenvalue weighted by Crippen LogP contribution is -2.48. The third kappa shape index (κ3) is 4.81. The number of benzene rings is 1.